The van der Waals surface area contributed by atoms with Gasteiger partial charge in [-0.15, -0.1) is 0 Å². The fourth-order valence-electron chi connectivity index (χ4n) is 1.83. The molecule has 94 valence electrons. The summed E-state index contributed by atoms with van der Waals surface area (Å²) in [6.07, 6.45) is 1.22. The molecule has 1 rings (SSSR count). The molecule has 3 N–H and O–H groups in total. The van der Waals surface area contributed by atoms with Crippen LogP contribution < -0.4 is 11.1 Å². The Morgan fingerprint density at radius 1 is 1.35 bits per heavy atom. The summed E-state index contributed by atoms with van der Waals surface area (Å²) in [6, 6.07) is 7.95. The summed E-state index contributed by atoms with van der Waals surface area (Å²) >= 11 is 0. The van der Waals surface area contributed by atoms with Gasteiger partial charge >= 0.3 is 0 Å². The zero-order chi connectivity index (χ0) is 12.9. The van der Waals surface area contributed by atoms with E-state index in [9.17, 15) is 4.79 Å². The highest BCUT2D eigenvalue weighted by Gasteiger charge is 2.19. The molecule has 0 aliphatic carbocycles. The predicted octanol–water partition coefficient (Wildman–Crippen LogP) is 1.78. The highest BCUT2D eigenvalue weighted by Crippen LogP contribution is 2.10. The van der Waals surface area contributed by atoms with Gasteiger partial charge in [-0.05, 0) is 44.9 Å². The van der Waals surface area contributed by atoms with Crippen molar-refractivity contribution in [3.05, 3.63) is 35.4 Å². The molecular formula is C14H22N2O. The number of rotatable bonds is 5. The second-order valence-electron chi connectivity index (χ2n) is 5.07. The number of amides is 1. The van der Waals surface area contributed by atoms with Gasteiger partial charge in [0.15, 0.2) is 0 Å². The van der Waals surface area contributed by atoms with Crippen LogP contribution in [-0.2, 0) is 11.2 Å². The highest BCUT2D eigenvalue weighted by molar-refractivity contribution is 5.79. The van der Waals surface area contributed by atoms with Gasteiger partial charge in [0, 0.05) is 5.54 Å². The Kier molecular flexibility index (Phi) is 4.70. The summed E-state index contributed by atoms with van der Waals surface area (Å²) in [5, 5.41) is 3.01. The number of aryl methyl sites for hydroxylation is 1. The van der Waals surface area contributed by atoms with E-state index in [4.69, 9.17) is 5.73 Å². The van der Waals surface area contributed by atoms with Crippen molar-refractivity contribution < 1.29 is 4.79 Å². The summed E-state index contributed by atoms with van der Waals surface area (Å²) < 4.78 is 0. The molecule has 0 atom stereocenters. The van der Waals surface area contributed by atoms with E-state index < -0.39 is 0 Å². The van der Waals surface area contributed by atoms with Crippen molar-refractivity contribution in [2.24, 2.45) is 5.73 Å². The molecular weight excluding hydrogens is 212 g/mol. The number of nitrogens with one attached hydrogen (secondary N) is 1. The Bertz CT molecular complexity index is 386. The van der Waals surface area contributed by atoms with Crippen molar-refractivity contribution >= 4 is 5.91 Å². The van der Waals surface area contributed by atoms with Crippen molar-refractivity contribution in [2.45, 2.75) is 39.2 Å². The first-order valence-electron chi connectivity index (χ1n) is 6.00. The molecule has 0 unspecified atom stereocenters. The number of nitrogens with two attached hydrogens (primary N) is 1. The van der Waals surface area contributed by atoms with E-state index in [-0.39, 0.29) is 11.4 Å². The zero-order valence-electron chi connectivity index (χ0n) is 10.9. The van der Waals surface area contributed by atoms with Crippen molar-refractivity contribution in [3.8, 4) is 0 Å². The molecule has 0 bridgehead atoms. The first-order chi connectivity index (χ1) is 7.94. The van der Waals surface area contributed by atoms with E-state index in [1.807, 2.05) is 45.0 Å². The van der Waals surface area contributed by atoms with Crippen molar-refractivity contribution in [2.75, 3.05) is 6.54 Å². The second-order valence-corrected chi connectivity index (χ2v) is 5.07. The van der Waals surface area contributed by atoms with Crippen LogP contribution in [0.4, 0.5) is 0 Å². The number of hydrogen-bond acceptors (Lipinski definition) is 2. The van der Waals surface area contributed by atoms with Gasteiger partial charge < -0.3 is 11.1 Å². The molecule has 1 aromatic carbocycles. The number of carbonyl (C=O) groups is 1. The predicted molar refractivity (Wildman–Crippen MR) is 70.8 cm³/mol. The molecule has 3 heteroatoms. The number of hydrogen-bond donors (Lipinski definition) is 2. The Labute approximate surface area is 103 Å². The van der Waals surface area contributed by atoms with E-state index in [0.29, 0.717) is 13.0 Å². The third-order valence-corrected chi connectivity index (χ3v) is 2.86. The minimum absolute atomic E-state index is 0.0535. The van der Waals surface area contributed by atoms with E-state index in [0.717, 1.165) is 17.5 Å². The molecule has 3 nitrogen and oxygen atoms in total. The van der Waals surface area contributed by atoms with Crippen LogP contribution in [0.15, 0.2) is 24.3 Å². The molecule has 1 amide bonds. The van der Waals surface area contributed by atoms with E-state index in [2.05, 4.69) is 5.32 Å². The fourth-order valence-corrected chi connectivity index (χ4v) is 1.83. The third-order valence-electron chi connectivity index (χ3n) is 2.86. The lowest BCUT2D eigenvalue weighted by atomic mass is 9.99. The van der Waals surface area contributed by atoms with E-state index in [1.165, 1.54) is 0 Å². The highest BCUT2D eigenvalue weighted by atomic mass is 16.1. The number of benzene rings is 1. The maximum Gasteiger partial charge on any atom is 0.224 e. The second kappa shape index (κ2) is 5.82. The van der Waals surface area contributed by atoms with Gasteiger partial charge in [0.05, 0.1) is 6.42 Å². The van der Waals surface area contributed by atoms with Crippen LogP contribution in [0.25, 0.3) is 0 Å². The van der Waals surface area contributed by atoms with Gasteiger partial charge in [0.1, 0.15) is 0 Å². The van der Waals surface area contributed by atoms with Gasteiger partial charge in [-0.2, -0.15) is 0 Å². The monoisotopic (exact) mass is 234 g/mol. The summed E-state index contributed by atoms with van der Waals surface area (Å²) in [4.78, 5) is 11.9. The average Bonchev–Trinajstić information content (AvgIpc) is 2.20. The Balaban J connectivity index is 2.59. The minimum atomic E-state index is -0.228. The lowest BCUT2D eigenvalue weighted by Crippen LogP contribution is -2.45. The van der Waals surface area contributed by atoms with Crippen LogP contribution in [0.2, 0.25) is 0 Å². The first kappa shape index (κ1) is 13.7. The normalized spacial score (nSPS) is 11.3. The quantitative estimate of drug-likeness (QED) is 0.816. The topological polar surface area (TPSA) is 55.1 Å². The lowest BCUT2D eigenvalue weighted by Gasteiger charge is -2.25. The maximum atomic E-state index is 11.9. The van der Waals surface area contributed by atoms with Gasteiger partial charge in [0.25, 0.3) is 0 Å². The van der Waals surface area contributed by atoms with Crippen molar-refractivity contribution in [1.29, 1.82) is 0 Å². The largest absolute Gasteiger partial charge is 0.351 e. The summed E-state index contributed by atoms with van der Waals surface area (Å²) in [6.45, 7) is 6.59. The van der Waals surface area contributed by atoms with Crippen LogP contribution in [0, 0.1) is 6.92 Å². The van der Waals surface area contributed by atoms with Crippen LogP contribution in [0.5, 0.6) is 0 Å². The van der Waals surface area contributed by atoms with Crippen molar-refractivity contribution in [3.63, 3.8) is 0 Å². The van der Waals surface area contributed by atoms with Gasteiger partial charge in [-0.1, -0.05) is 24.3 Å². The van der Waals surface area contributed by atoms with Crippen LogP contribution in [0.3, 0.4) is 0 Å². The lowest BCUT2D eigenvalue weighted by molar-refractivity contribution is -0.122. The number of carbonyl (C=O) groups excluding carboxylic acids is 1. The Morgan fingerprint density at radius 3 is 2.59 bits per heavy atom. The Hall–Kier alpha value is -1.35. The fraction of sp³-hybridized carbons (Fsp3) is 0.500. The molecule has 0 aromatic heterocycles. The summed E-state index contributed by atoms with van der Waals surface area (Å²) in [5.74, 6) is 0.0535. The smallest absolute Gasteiger partial charge is 0.224 e. The third kappa shape index (κ3) is 4.57. The molecule has 0 aliphatic rings. The van der Waals surface area contributed by atoms with Gasteiger partial charge in [-0.25, -0.2) is 0 Å². The molecule has 0 heterocycles. The standard InChI is InChI=1S/C14H22N2O/c1-11-6-4-5-7-12(11)10-13(17)16-14(2,3)8-9-15/h4-7H,8-10,15H2,1-3H3,(H,16,17). The molecule has 0 spiro atoms. The first-order valence-corrected chi connectivity index (χ1v) is 6.00. The molecule has 0 saturated carbocycles. The summed E-state index contributed by atoms with van der Waals surface area (Å²) in [5.41, 5.74) is 7.52. The zero-order valence-corrected chi connectivity index (χ0v) is 10.9. The maximum absolute atomic E-state index is 11.9. The molecule has 0 fully saturated rings. The SMILES string of the molecule is Cc1ccccc1CC(=O)NC(C)(C)CCN. The Morgan fingerprint density at radius 2 is 2.00 bits per heavy atom. The molecule has 0 aliphatic heterocycles. The van der Waals surface area contributed by atoms with Gasteiger partial charge in [-0.3, -0.25) is 4.79 Å². The van der Waals surface area contributed by atoms with Crippen LogP contribution >= 0.6 is 0 Å². The molecule has 17 heavy (non-hydrogen) atoms. The van der Waals surface area contributed by atoms with E-state index in [1.54, 1.807) is 0 Å². The van der Waals surface area contributed by atoms with Crippen LogP contribution in [-0.4, -0.2) is 18.0 Å². The minimum Gasteiger partial charge on any atom is -0.351 e. The van der Waals surface area contributed by atoms with Crippen LogP contribution in [0.1, 0.15) is 31.4 Å². The van der Waals surface area contributed by atoms with Gasteiger partial charge in [0.2, 0.25) is 5.91 Å². The molecule has 0 saturated heterocycles. The van der Waals surface area contributed by atoms with E-state index >= 15 is 0 Å². The summed E-state index contributed by atoms with van der Waals surface area (Å²) in [7, 11) is 0. The molecule has 1 aromatic rings. The van der Waals surface area contributed by atoms with Crippen molar-refractivity contribution in [1.82, 2.24) is 5.32 Å². The molecule has 0 radical (unpaired) electrons. The average molecular weight is 234 g/mol.